The van der Waals surface area contributed by atoms with E-state index in [1.807, 2.05) is 23.5 Å². The van der Waals surface area contributed by atoms with E-state index in [1.165, 1.54) is 37.2 Å². The molecule has 3 nitrogen and oxygen atoms in total. The van der Waals surface area contributed by atoms with Gasteiger partial charge in [-0.1, -0.05) is 19.4 Å². The summed E-state index contributed by atoms with van der Waals surface area (Å²) in [5.41, 5.74) is 0.470. The van der Waals surface area contributed by atoms with Crippen LogP contribution in [0.25, 0.3) is 0 Å². The normalized spacial score (nSPS) is 10.6. The van der Waals surface area contributed by atoms with Crippen molar-refractivity contribution in [3.05, 3.63) is 12.2 Å². The number of hydrogen-bond donors (Lipinski definition) is 1. The molecule has 5 heteroatoms. The molecule has 0 saturated heterocycles. The second-order valence-corrected chi connectivity index (χ2v) is 7.44. The lowest BCUT2D eigenvalue weighted by atomic mass is 10.2. The SMILES string of the molecule is C=C(C)C(=O)OCCCSCCCCCCSCCCO. The minimum Gasteiger partial charge on any atom is -0.462 e. The summed E-state index contributed by atoms with van der Waals surface area (Å²) in [6.45, 7) is 6.04. The van der Waals surface area contributed by atoms with Crippen LogP contribution in [-0.4, -0.2) is 47.3 Å². The lowest BCUT2D eigenvalue weighted by molar-refractivity contribution is -0.138. The number of rotatable bonds is 15. The van der Waals surface area contributed by atoms with Crippen molar-refractivity contribution in [1.29, 1.82) is 0 Å². The average Bonchev–Trinajstić information content (AvgIpc) is 2.47. The van der Waals surface area contributed by atoms with E-state index >= 15 is 0 Å². The van der Waals surface area contributed by atoms with E-state index in [2.05, 4.69) is 6.58 Å². The molecule has 0 fully saturated rings. The molecule has 0 aliphatic heterocycles. The van der Waals surface area contributed by atoms with E-state index in [0.717, 1.165) is 24.3 Å². The first-order chi connectivity index (χ1) is 10.2. The quantitative estimate of drug-likeness (QED) is 0.279. The molecule has 0 rings (SSSR count). The van der Waals surface area contributed by atoms with Crippen LogP contribution >= 0.6 is 23.5 Å². The number of ether oxygens (including phenoxy) is 1. The Bertz CT molecular complexity index is 270. The lowest BCUT2D eigenvalue weighted by Gasteiger charge is -2.04. The smallest absolute Gasteiger partial charge is 0.333 e. The van der Waals surface area contributed by atoms with E-state index in [1.54, 1.807) is 6.92 Å². The van der Waals surface area contributed by atoms with Gasteiger partial charge in [0.1, 0.15) is 0 Å². The fraction of sp³-hybridized carbons (Fsp3) is 0.812. The van der Waals surface area contributed by atoms with Crippen molar-refractivity contribution in [3.63, 3.8) is 0 Å². The van der Waals surface area contributed by atoms with Crippen LogP contribution in [-0.2, 0) is 9.53 Å². The third kappa shape index (κ3) is 16.1. The molecule has 0 spiro atoms. The van der Waals surface area contributed by atoms with Crippen LogP contribution in [0.1, 0.15) is 45.4 Å². The Kier molecular flexibility index (Phi) is 16.1. The highest BCUT2D eigenvalue weighted by atomic mass is 32.2. The third-order valence-electron chi connectivity index (χ3n) is 2.79. The first-order valence-corrected chi connectivity index (χ1v) is 10.1. The predicted molar refractivity (Wildman–Crippen MR) is 95.2 cm³/mol. The van der Waals surface area contributed by atoms with Crippen molar-refractivity contribution < 1.29 is 14.6 Å². The number of carbonyl (C=O) groups is 1. The number of hydrogen-bond acceptors (Lipinski definition) is 5. The highest BCUT2D eigenvalue weighted by molar-refractivity contribution is 7.99. The second kappa shape index (κ2) is 16.2. The Labute approximate surface area is 138 Å². The van der Waals surface area contributed by atoms with Crippen molar-refractivity contribution in [2.24, 2.45) is 0 Å². The molecule has 0 radical (unpaired) electrons. The molecule has 0 aromatic heterocycles. The molecular formula is C16H30O3S2. The summed E-state index contributed by atoms with van der Waals surface area (Å²) in [6.07, 6.45) is 7.02. The van der Waals surface area contributed by atoms with Gasteiger partial charge in [-0.25, -0.2) is 4.79 Å². The van der Waals surface area contributed by atoms with Gasteiger partial charge in [0.05, 0.1) is 6.61 Å². The zero-order chi connectivity index (χ0) is 15.8. The minimum absolute atomic E-state index is 0.281. The monoisotopic (exact) mass is 334 g/mol. The maximum Gasteiger partial charge on any atom is 0.333 e. The van der Waals surface area contributed by atoms with Gasteiger partial charge in [0, 0.05) is 12.2 Å². The maximum atomic E-state index is 11.1. The van der Waals surface area contributed by atoms with Gasteiger partial charge in [-0.2, -0.15) is 23.5 Å². The Morgan fingerprint density at radius 2 is 1.48 bits per heavy atom. The predicted octanol–water partition coefficient (Wildman–Crippen LogP) is 3.91. The van der Waals surface area contributed by atoms with Crippen LogP contribution in [0, 0.1) is 0 Å². The molecule has 0 amide bonds. The number of aliphatic hydroxyl groups is 1. The summed E-state index contributed by atoms with van der Waals surface area (Å²) < 4.78 is 5.03. The highest BCUT2D eigenvalue weighted by Gasteiger charge is 2.01. The first-order valence-electron chi connectivity index (χ1n) is 7.77. The summed E-state index contributed by atoms with van der Waals surface area (Å²) in [7, 11) is 0. The second-order valence-electron chi connectivity index (χ2n) is 4.99. The molecule has 21 heavy (non-hydrogen) atoms. The largest absolute Gasteiger partial charge is 0.462 e. The van der Waals surface area contributed by atoms with Crippen molar-refractivity contribution in [1.82, 2.24) is 0 Å². The Morgan fingerprint density at radius 1 is 0.952 bits per heavy atom. The van der Waals surface area contributed by atoms with E-state index in [4.69, 9.17) is 9.84 Å². The molecule has 0 aromatic carbocycles. The third-order valence-corrected chi connectivity index (χ3v) is 5.10. The summed E-state index contributed by atoms with van der Waals surface area (Å²) in [6, 6.07) is 0. The van der Waals surface area contributed by atoms with E-state index in [0.29, 0.717) is 18.8 Å². The molecule has 1 N–H and O–H groups in total. The van der Waals surface area contributed by atoms with Gasteiger partial charge in [-0.3, -0.25) is 0 Å². The summed E-state index contributed by atoms with van der Waals surface area (Å²) in [5, 5.41) is 8.65. The number of carbonyl (C=O) groups excluding carboxylic acids is 1. The van der Waals surface area contributed by atoms with Gasteiger partial charge in [0.2, 0.25) is 0 Å². The van der Waals surface area contributed by atoms with Crippen LogP contribution in [0.5, 0.6) is 0 Å². The molecule has 0 saturated carbocycles. The van der Waals surface area contributed by atoms with Gasteiger partial charge in [-0.05, 0) is 55.6 Å². The van der Waals surface area contributed by atoms with Crippen molar-refractivity contribution >= 4 is 29.5 Å². The number of thioether (sulfide) groups is 2. The first kappa shape index (κ1) is 20.9. The average molecular weight is 335 g/mol. The zero-order valence-electron chi connectivity index (χ0n) is 13.3. The van der Waals surface area contributed by atoms with E-state index < -0.39 is 0 Å². The molecule has 0 atom stereocenters. The summed E-state index contributed by atoms with van der Waals surface area (Å²) in [4.78, 5) is 11.1. The topological polar surface area (TPSA) is 46.5 Å². The van der Waals surface area contributed by atoms with Gasteiger partial charge in [0.15, 0.2) is 0 Å². The molecular weight excluding hydrogens is 304 g/mol. The van der Waals surface area contributed by atoms with E-state index in [-0.39, 0.29) is 5.97 Å². The fourth-order valence-electron chi connectivity index (χ4n) is 1.58. The van der Waals surface area contributed by atoms with Crippen molar-refractivity contribution in [2.75, 3.05) is 36.2 Å². The standard InChI is InChI=1S/C16H30O3S2/c1-15(2)16(18)19-10-8-14-21-12-6-4-3-5-11-20-13-7-9-17/h17H,1,3-14H2,2H3. The molecule has 0 unspecified atom stereocenters. The van der Waals surface area contributed by atoms with Gasteiger partial charge in [0.25, 0.3) is 0 Å². The zero-order valence-corrected chi connectivity index (χ0v) is 14.9. The summed E-state index contributed by atoms with van der Waals surface area (Å²) in [5.74, 6) is 4.28. The number of esters is 1. The van der Waals surface area contributed by atoms with Crippen molar-refractivity contribution in [3.8, 4) is 0 Å². The van der Waals surface area contributed by atoms with Gasteiger partial charge < -0.3 is 9.84 Å². The van der Waals surface area contributed by atoms with Crippen LogP contribution in [0.3, 0.4) is 0 Å². The fourth-order valence-corrected chi connectivity index (χ4v) is 3.46. The molecule has 124 valence electrons. The van der Waals surface area contributed by atoms with Crippen LogP contribution in [0.4, 0.5) is 0 Å². The van der Waals surface area contributed by atoms with Gasteiger partial charge in [-0.15, -0.1) is 0 Å². The summed E-state index contributed by atoms with van der Waals surface area (Å²) >= 11 is 3.89. The Hall–Kier alpha value is -0.130. The van der Waals surface area contributed by atoms with Crippen LogP contribution in [0.15, 0.2) is 12.2 Å². The molecule has 0 heterocycles. The van der Waals surface area contributed by atoms with E-state index in [9.17, 15) is 4.79 Å². The number of unbranched alkanes of at least 4 members (excludes halogenated alkanes) is 3. The minimum atomic E-state index is -0.281. The van der Waals surface area contributed by atoms with Crippen LogP contribution in [0.2, 0.25) is 0 Å². The molecule has 0 aliphatic carbocycles. The van der Waals surface area contributed by atoms with Crippen molar-refractivity contribution in [2.45, 2.75) is 45.4 Å². The highest BCUT2D eigenvalue weighted by Crippen LogP contribution is 2.11. The van der Waals surface area contributed by atoms with Crippen LogP contribution < -0.4 is 0 Å². The Morgan fingerprint density at radius 3 is 2.00 bits per heavy atom. The Balaban J connectivity index is 3.06. The maximum absolute atomic E-state index is 11.1. The number of aliphatic hydroxyl groups excluding tert-OH is 1. The van der Waals surface area contributed by atoms with Gasteiger partial charge >= 0.3 is 5.97 Å². The lowest BCUT2D eigenvalue weighted by Crippen LogP contribution is -2.06. The molecule has 0 aliphatic rings. The molecule has 0 aromatic rings. The molecule has 0 bridgehead atoms.